The summed E-state index contributed by atoms with van der Waals surface area (Å²) in [5, 5.41) is 10.1. The van der Waals surface area contributed by atoms with E-state index in [2.05, 4.69) is 4.99 Å². The third-order valence-corrected chi connectivity index (χ3v) is 6.46. The van der Waals surface area contributed by atoms with Gasteiger partial charge in [-0.05, 0) is 36.4 Å². The van der Waals surface area contributed by atoms with Crippen molar-refractivity contribution in [2.24, 2.45) is 4.99 Å². The van der Waals surface area contributed by atoms with E-state index in [1.807, 2.05) is 0 Å². The number of anilines is 1. The van der Waals surface area contributed by atoms with Gasteiger partial charge in [-0.1, -0.05) is 12.1 Å². The fourth-order valence-corrected chi connectivity index (χ4v) is 3.97. The number of halogens is 3. The molecular weight excluding hydrogens is 429 g/mol. The van der Waals surface area contributed by atoms with Crippen LogP contribution in [0.15, 0.2) is 63.3 Å². The smallest absolute Gasteiger partial charge is 0.361 e. The second-order valence-corrected chi connectivity index (χ2v) is 9.98. The van der Waals surface area contributed by atoms with Crippen LogP contribution in [-0.2, 0) is 20.6 Å². The molecule has 0 bridgehead atoms. The molecule has 0 saturated heterocycles. The van der Waals surface area contributed by atoms with Crippen LogP contribution in [-0.4, -0.2) is 54.5 Å². The second kappa shape index (κ2) is 7.22. The minimum Gasteiger partial charge on any atom is -0.361 e. The molecule has 2 unspecified atom stereocenters. The summed E-state index contributed by atoms with van der Waals surface area (Å²) in [5.74, 6) is -0.134. The minimum absolute atomic E-state index is 0.0137. The number of β-amino-alcohol motifs (C(OH)–C–C–N with tert-alkyl or cyclic N) is 1. The predicted molar refractivity (Wildman–Crippen MR) is 103 cm³/mol. The lowest BCUT2D eigenvalue weighted by Gasteiger charge is -2.25. The van der Waals surface area contributed by atoms with E-state index < -0.39 is 39.1 Å². The molecule has 0 amide bonds. The second-order valence-electron chi connectivity index (χ2n) is 6.58. The van der Waals surface area contributed by atoms with Crippen LogP contribution in [0, 0.1) is 0 Å². The van der Waals surface area contributed by atoms with Gasteiger partial charge < -0.3 is 10.0 Å². The van der Waals surface area contributed by atoms with Gasteiger partial charge in [0.25, 0.3) is 5.72 Å². The fraction of sp³-hybridized carbons (Fsp3) is 0.278. The topological polar surface area (TPSA) is 87.0 Å². The van der Waals surface area contributed by atoms with E-state index in [4.69, 9.17) is 0 Å². The highest BCUT2D eigenvalue weighted by molar-refractivity contribution is 7.90. The molecule has 0 saturated carbocycles. The summed E-state index contributed by atoms with van der Waals surface area (Å²) >= 11 is 0. The van der Waals surface area contributed by atoms with Gasteiger partial charge in [-0.15, -0.1) is 0 Å². The molecule has 2 aromatic rings. The zero-order valence-corrected chi connectivity index (χ0v) is 17.0. The maximum absolute atomic E-state index is 13.4. The molecule has 0 aliphatic carbocycles. The van der Waals surface area contributed by atoms with E-state index in [-0.39, 0.29) is 22.0 Å². The summed E-state index contributed by atoms with van der Waals surface area (Å²) in [7, 11) is -4.74. The number of rotatable bonds is 4. The van der Waals surface area contributed by atoms with Gasteiger partial charge in [0.2, 0.25) is 0 Å². The first-order valence-corrected chi connectivity index (χ1v) is 11.7. The molecule has 2 aromatic carbocycles. The van der Waals surface area contributed by atoms with E-state index >= 15 is 0 Å². The summed E-state index contributed by atoms with van der Waals surface area (Å²) < 4.78 is 75.0. The molecule has 1 N–H and O–H groups in total. The Morgan fingerprint density at radius 3 is 2.10 bits per heavy atom. The van der Waals surface area contributed by atoms with Crippen molar-refractivity contribution in [2.75, 3.05) is 24.0 Å². The number of nitrogens with zero attached hydrogens (tertiary/aromatic N) is 2. The average Bonchev–Trinajstić information content (AvgIpc) is 3.00. The van der Waals surface area contributed by atoms with Crippen molar-refractivity contribution < 1.29 is 30.9 Å². The van der Waals surface area contributed by atoms with Gasteiger partial charge in [-0.3, -0.25) is 4.21 Å². The Hall–Kier alpha value is -2.24. The van der Waals surface area contributed by atoms with Gasteiger partial charge in [0.15, 0.2) is 9.84 Å². The number of benzene rings is 2. The van der Waals surface area contributed by atoms with Crippen LogP contribution in [0.1, 0.15) is 5.56 Å². The van der Waals surface area contributed by atoms with Crippen LogP contribution in [0.25, 0.3) is 0 Å². The highest BCUT2D eigenvalue weighted by Gasteiger charge is 2.58. The summed E-state index contributed by atoms with van der Waals surface area (Å²) in [6.07, 6.45) is -2.52. The van der Waals surface area contributed by atoms with Crippen molar-refractivity contribution >= 4 is 32.2 Å². The van der Waals surface area contributed by atoms with Gasteiger partial charge in [0.1, 0.15) is 5.84 Å². The number of amidine groups is 1. The van der Waals surface area contributed by atoms with Gasteiger partial charge in [0, 0.05) is 39.5 Å². The van der Waals surface area contributed by atoms with E-state index in [9.17, 15) is 30.9 Å². The number of hydrogen-bond acceptors (Lipinski definition) is 6. The van der Waals surface area contributed by atoms with E-state index in [0.717, 1.165) is 11.2 Å². The molecule has 0 radical (unpaired) electrons. The molecule has 0 aromatic heterocycles. The summed E-state index contributed by atoms with van der Waals surface area (Å²) in [6.45, 7) is -0.883. The maximum Gasteiger partial charge on any atom is 0.440 e. The molecule has 1 aliphatic rings. The van der Waals surface area contributed by atoms with Crippen molar-refractivity contribution in [3.8, 4) is 0 Å². The third kappa shape index (κ3) is 4.21. The Morgan fingerprint density at radius 2 is 1.66 bits per heavy atom. The van der Waals surface area contributed by atoms with E-state index in [0.29, 0.717) is 4.90 Å². The van der Waals surface area contributed by atoms with E-state index in [1.165, 1.54) is 54.8 Å². The van der Waals surface area contributed by atoms with E-state index in [1.54, 1.807) is 0 Å². The fourth-order valence-electron chi connectivity index (χ4n) is 2.82. The number of aliphatic imine (C=N–C) groups is 1. The molecule has 3 rings (SSSR count). The Bertz CT molecular complexity index is 1080. The Labute approximate surface area is 168 Å². The number of alkyl halides is 3. The lowest BCUT2D eigenvalue weighted by atomic mass is 10.1. The van der Waals surface area contributed by atoms with Gasteiger partial charge >= 0.3 is 6.18 Å². The lowest BCUT2D eigenvalue weighted by Crippen LogP contribution is -2.47. The summed E-state index contributed by atoms with van der Waals surface area (Å²) in [6, 6.07) is 11.2. The van der Waals surface area contributed by atoms with Crippen LogP contribution in [0.2, 0.25) is 0 Å². The Morgan fingerprint density at radius 1 is 1.10 bits per heavy atom. The first-order chi connectivity index (χ1) is 13.3. The molecule has 1 heterocycles. The third-order valence-electron chi connectivity index (χ3n) is 4.40. The number of hydrogen-bond donors (Lipinski definition) is 1. The van der Waals surface area contributed by atoms with Crippen molar-refractivity contribution in [1.82, 2.24) is 0 Å². The largest absolute Gasteiger partial charge is 0.440 e. The number of aliphatic hydroxyl groups is 1. The van der Waals surface area contributed by atoms with Crippen LogP contribution < -0.4 is 4.90 Å². The van der Waals surface area contributed by atoms with Crippen LogP contribution in [0.3, 0.4) is 0 Å². The zero-order valence-electron chi connectivity index (χ0n) is 15.3. The van der Waals surface area contributed by atoms with Crippen LogP contribution in [0.4, 0.5) is 18.9 Å². The Kier molecular flexibility index (Phi) is 5.35. The quantitative estimate of drug-likeness (QED) is 0.779. The van der Waals surface area contributed by atoms with Crippen molar-refractivity contribution in [3.63, 3.8) is 0 Å². The molecule has 0 fully saturated rings. The monoisotopic (exact) mass is 446 g/mol. The van der Waals surface area contributed by atoms with Crippen molar-refractivity contribution in [3.05, 3.63) is 54.1 Å². The first kappa shape index (κ1) is 21.5. The minimum atomic E-state index is -5.01. The average molecular weight is 446 g/mol. The van der Waals surface area contributed by atoms with Crippen LogP contribution in [0.5, 0.6) is 0 Å². The normalized spacial score (nSPS) is 21.2. The zero-order chi connectivity index (χ0) is 21.6. The summed E-state index contributed by atoms with van der Waals surface area (Å²) in [4.78, 5) is 5.21. The van der Waals surface area contributed by atoms with Crippen molar-refractivity contribution in [1.29, 1.82) is 0 Å². The maximum atomic E-state index is 13.4. The molecule has 0 spiro atoms. The SMILES string of the molecule is CS(=O)c1ccc(C2=NC(O)(C(F)(F)F)CN2c2ccc(S(C)(=O)=O)cc2)cc1. The van der Waals surface area contributed by atoms with Crippen LogP contribution >= 0.6 is 0 Å². The molecule has 6 nitrogen and oxygen atoms in total. The van der Waals surface area contributed by atoms with Gasteiger partial charge in [-0.25, -0.2) is 13.4 Å². The highest BCUT2D eigenvalue weighted by atomic mass is 32.2. The highest BCUT2D eigenvalue weighted by Crippen LogP contribution is 2.39. The van der Waals surface area contributed by atoms with Crippen molar-refractivity contribution in [2.45, 2.75) is 21.7 Å². The molecule has 11 heteroatoms. The van der Waals surface area contributed by atoms with Gasteiger partial charge in [-0.2, -0.15) is 13.2 Å². The summed E-state index contributed by atoms with van der Waals surface area (Å²) in [5.41, 5.74) is -2.80. The molecule has 156 valence electrons. The standard InChI is InChI=1S/C18H17F3N2O4S2/c1-28(25)14-7-3-12(4-8-14)16-22-17(24,18(19,20)21)11-23(16)13-5-9-15(10-6-13)29(2,26)27/h3-10,24H,11H2,1-2H3. The molecule has 29 heavy (non-hydrogen) atoms. The molecular formula is C18H17F3N2O4S2. The number of sulfone groups is 1. The molecule has 2 atom stereocenters. The van der Waals surface area contributed by atoms with Gasteiger partial charge in [0.05, 0.1) is 11.4 Å². The predicted octanol–water partition coefficient (Wildman–Crippen LogP) is 2.35. The lowest BCUT2D eigenvalue weighted by molar-refractivity contribution is -0.249. The Balaban J connectivity index is 2.07. The molecule has 1 aliphatic heterocycles. The first-order valence-electron chi connectivity index (χ1n) is 8.22.